The average Bonchev–Trinajstić information content (AvgIpc) is 2.88. The van der Waals surface area contributed by atoms with Gasteiger partial charge in [0.1, 0.15) is 0 Å². The molecule has 0 radical (unpaired) electrons. The van der Waals surface area contributed by atoms with Gasteiger partial charge >= 0.3 is 0 Å². The van der Waals surface area contributed by atoms with Crippen LogP contribution in [0.3, 0.4) is 0 Å². The molecule has 2 aromatic heterocycles. The Morgan fingerprint density at radius 1 is 1.42 bits per heavy atom. The van der Waals surface area contributed by atoms with E-state index in [1.54, 1.807) is 31.6 Å². The summed E-state index contributed by atoms with van der Waals surface area (Å²) >= 11 is 0. The number of rotatable bonds is 3. The topological polar surface area (TPSA) is 81.6 Å². The fraction of sp³-hybridized carbons (Fsp3) is 0.0714. The number of nitrogens with zero attached hydrogens (tertiary/aromatic N) is 2. The van der Waals surface area contributed by atoms with Gasteiger partial charge in [0.15, 0.2) is 6.19 Å². The zero-order chi connectivity index (χ0) is 13.7. The second-order valence-electron chi connectivity index (χ2n) is 3.97. The molecule has 0 aliphatic heterocycles. The largest absolute Gasteiger partial charge is 0.361 e. The monoisotopic (exact) mass is 252 g/mol. The van der Waals surface area contributed by atoms with Gasteiger partial charge < -0.3 is 4.98 Å². The van der Waals surface area contributed by atoms with Gasteiger partial charge in [0, 0.05) is 29.9 Å². The first kappa shape index (κ1) is 12.6. The standard InChI is InChI=1S/C14H12N4O/c1-10(14(19)18-9-15)6-13-7-12(8-17-13)11-2-4-16-5-3-11/h2-8,17H,1H3,(H,18,19). The minimum absolute atomic E-state index is 0.400. The molecule has 5 nitrogen and oxygen atoms in total. The molecule has 0 unspecified atom stereocenters. The fourth-order valence-corrected chi connectivity index (χ4v) is 1.65. The SMILES string of the molecule is CC(=Cc1cc(-c2ccncc2)c[nH]1)C(=O)NC#N. The van der Waals surface area contributed by atoms with Crippen molar-refractivity contribution in [3.63, 3.8) is 0 Å². The van der Waals surface area contributed by atoms with Gasteiger partial charge in [-0.2, -0.15) is 5.26 Å². The Labute approximate surface area is 110 Å². The summed E-state index contributed by atoms with van der Waals surface area (Å²) in [5.41, 5.74) is 3.33. The average molecular weight is 252 g/mol. The van der Waals surface area contributed by atoms with Crippen molar-refractivity contribution in [1.29, 1.82) is 5.26 Å². The zero-order valence-corrected chi connectivity index (χ0v) is 10.3. The van der Waals surface area contributed by atoms with E-state index in [-0.39, 0.29) is 0 Å². The predicted octanol–water partition coefficient (Wildman–Crippen LogP) is 2.08. The van der Waals surface area contributed by atoms with Gasteiger partial charge in [-0.05, 0) is 42.3 Å². The molecule has 2 rings (SSSR count). The number of H-pyrrole nitrogens is 1. The number of hydrogen-bond donors (Lipinski definition) is 2. The highest BCUT2D eigenvalue weighted by Gasteiger charge is 2.04. The number of aromatic amines is 1. The smallest absolute Gasteiger partial charge is 0.259 e. The van der Waals surface area contributed by atoms with E-state index in [1.165, 1.54) is 0 Å². The summed E-state index contributed by atoms with van der Waals surface area (Å²) in [5, 5.41) is 10.5. The Hall–Kier alpha value is -2.87. The first-order valence-corrected chi connectivity index (χ1v) is 5.67. The second-order valence-corrected chi connectivity index (χ2v) is 3.97. The lowest BCUT2D eigenvalue weighted by Gasteiger charge is -1.96. The van der Waals surface area contributed by atoms with E-state index in [9.17, 15) is 4.79 Å². The van der Waals surface area contributed by atoms with Gasteiger partial charge in [0.25, 0.3) is 5.91 Å². The van der Waals surface area contributed by atoms with Crippen molar-refractivity contribution in [3.05, 3.63) is 48.1 Å². The van der Waals surface area contributed by atoms with Gasteiger partial charge in [0.05, 0.1) is 0 Å². The summed E-state index contributed by atoms with van der Waals surface area (Å²) in [6.45, 7) is 1.65. The first-order chi connectivity index (χ1) is 9.20. The van der Waals surface area contributed by atoms with E-state index in [1.807, 2.05) is 24.4 Å². The predicted molar refractivity (Wildman–Crippen MR) is 71.4 cm³/mol. The number of nitriles is 1. The number of hydrogen-bond acceptors (Lipinski definition) is 3. The minimum Gasteiger partial charge on any atom is -0.361 e. The van der Waals surface area contributed by atoms with Crippen molar-refractivity contribution in [2.45, 2.75) is 6.92 Å². The molecule has 0 spiro atoms. The van der Waals surface area contributed by atoms with Crippen LogP contribution >= 0.6 is 0 Å². The number of nitrogens with one attached hydrogen (secondary N) is 2. The highest BCUT2D eigenvalue weighted by Crippen LogP contribution is 2.20. The molecule has 0 bridgehead atoms. The van der Waals surface area contributed by atoms with Crippen molar-refractivity contribution < 1.29 is 4.79 Å². The van der Waals surface area contributed by atoms with Crippen molar-refractivity contribution in [2.24, 2.45) is 0 Å². The molecule has 0 aliphatic carbocycles. The van der Waals surface area contributed by atoms with E-state index < -0.39 is 5.91 Å². The molecular weight excluding hydrogens is 240 g/mol. The highest BCUT2D eigenvalue weighted by molar-refractivity contribution is 5.97. The third-order valence-corrected chi connectivity index (χ3v) is 2.62. The quantitative estimate of drug-likeness (QED) is 0.498. The van der Waals surface area contributed by atoms with E-state index >= 15 is 0 Å². The Bertz CT molecular complexity index is 650. The number of amides is 1. The van der Waals surface area contributed by atoms with Gasteiger partial charge in [-0.25, -0.2) is 0 Å². The molecule has 1 amide bonds. The Kier molecular flexibility index (Phi) is 3.74. The summed E-state index contributed by atoms with van der Waals surface area (Å²) in [6, 6.07) is 5.75. The molecule has 0 aliphatic rings. The van der Waals surface area contributed by atoms with Gasteiger partial charge in [-0.3, -0.25) is 15.1 Å². The second kappa shape index (κ2) is 5.65. The molecule has 2 N–H and O–H groups in total. The van der Waals surface area contributed by atoms with Crippen LogP contribution in [0.25, 0.3) is 17.2 Å². The number of carbonyl (C=O) groups is 1. The molecule has 19 heavy (non-hydrogen) atoms. The maximum absolute atomic E-state index is 11.4. The third-order valence-electron chi connectivity index (χ3n) is 2.62. The Morgan fingerprint density at radius 2 is 2.16 bits per heavy atom. The molecule has 0 aromatic carbocycles. The van der Waals surface area contributed by atoms with Crippen LogP contribution in [0.5, 0.6) is 0 Å². The van der Waals surface area contributed by atoms with Crippen LogP contribution in [0.4, 0.5) is 0 Å². The van der Waals surface area contributed by atoms with Crippen LogP contribution in [-0.4, -0.2) is 15.9 Å². The molecule has 2 aromatic rings. The lowest BCUT2D eigenvalue weighted by atomic mass is 10.1. The maximum atomic E-state index is 11.4. The molecule has 0 fully saturated rings. The molecule has 0 saturated heterocycles. The van der Waals surface area contributed by atoms with Crippen LogP contribution in [0.2, 0.25) is 0 Å². The first-order valence-electron chi connectivity index (χ1n) is 5.67. The summed E-state index contributed by atoms with van der Waals surface area (Å²) < 4.78 is 0. The zero-order valence-electron chi connectivity index (χ0n) is 10.3. The lowest BCUT2D eigenvalue weighted by Crippen LogP contribution is -2.17. The van der Waals surface area contributed by atoms with Gasteiger partial charge in [0.2, 0.25) is 0 Å². The lowest BCUT2D eigenvalue weighted by molar-refractivity contribution is -0.116. The van der Waals surface area contributed by atoms with E-state index in [2.05, 4.69) is 15.3 Å². The van der Waals surface area contributed by atoms with Crippen molar-refractivity contribution in [3.8, 4) is 17.3 Å². The Morgan fingerprint density at radius 3 is 2.84 bits per heavy atom. The molecule has 0 saturated carbocycles. The fourth-order valence-electron chi connectivity index (χ4n) is 1.65. The molecule has 0 atom stereocenters. The van der Waals surface area contributed by atoms with Crippen molar-refractivity contribution >= 4 is 12.0 Å². The minimum atomic E-state index is -0.400. The summed E-state index contributed by atoms with van der Waals surface area (Å²) in [5.74, 6) is -0.400. The Balaban J connectivity index is 2.21. The van der Waals surface area contributed by atoms with Crippen LogP contribution in [0, 0.1) is 11.5 Å². The molecule has 2 heterocycles. The number of pyridine rings is 1. The molecule has 94 valence electrons. The summed E-state index contributed by atoms with van der Waals surface area (Å²) in [6.07, 6.45) is 8.61. The third kappa shape index (κ3) is 3.07. The van der Waals surface area contributed by atoms with E-state index in [0.717, 1.165) is 16.8 Å². The van der Waals surface area contributed by atoms with E-state index in [4.69, 9.17) is 5.26 Å². The van der Waals surface area contributed by atoms with Crippen LogP contribution in [-0.2, 0) is 4.79 Å². The highest BCUT2D eigenvalue weighted by atomic mass is 16.1. The van der Waals surface area contributed by atoms with Gasteiger partial charge in [-0.1, -0.05) is 0 Å². The number of carbonyl (C=O) groups excluding carboxylic acids is 1. The van der Waals surface area contributed by atoms with Crippen molar-refractivity contribution in [2.75, 3.05) is 0 Å². The summed E-state index contributed by atoms with van der Waals surface area (Å²) in [7, 11) is 0. The molecule has 5 heteroatoms. The van der Waals surface area contributed by atoms with Crippen molar-refractivity contribution in [1.82, 2.24) is 15.3 Å². The van der Waals surface area contributed by atoms with Crippen LogP contribution in [0.1, 0.15) is 12.6 Å². The van der Waals surface area contributed by atoms with Crippen LogP contribution in [0.15, 0.2) is 42.4 Å². The summed E-state index contributed by atoms with van der Waals surface area (Å²) in [4.78, 5) is 18.4. The van der Waals surface area contributed by atoms with E-state index in [0.29, 0.717) is 5.57 Å². The van der Waals surface area contributed by atoms with Crippen LogP contribution < -0.4 is 5.32 Å². The molecular formula is C14H12N4O. The number of aromatic nitrogens is 2. The van der Waals surface area contributed by atoms with Gasteiger partial charge in [-0.15, -0.1) is 0 Å². The maximum Gasteiger partial charge on any atom is 0.259 e. The normalized spacial score (nSPS) is 10.8.